The third kappa shape index (κ3) is 3.69. The van der Waals surface area contributed by atoms with Gasteiger partial charge in [-0.05, 0) is 18.6 Å². The van der Waals surface area contributed by atoms with Gasteiger partial charge in [-0.15, -0.1) is 0 Å². The molecule has 1 aliphatic heterocycles. The van der Waals surface area contributed by atoms with Crippen molar-refractivity contribution in [1.82, 2.24) is 0 Å². The minimum Gasteiger partial charge on any atom is -0.463 e. The number of fused-ring (bicyclic) bond motifs is 1. The SMILES string of the molecule is CC(O)/C=C\C=C\c1cccc2c1COC(C)(C)O2. The zero-order valence-electron chi connectivity index (χ0n) is 11.6. The summed E-state index contributed by atoms with van der Waals surface area (Å²) in [7, 11) is 0. The lowest BCUT2D eigenvalue weighted by Gasteiger charge is -2.33. The van der Waals surface area contributed by atoms with Crippen LogP contribution >= 0.6 is 0 Å². The van der Waals surface area contributed by atoms with Crippen LogP contribution in [0, 0.1) is 0 Å². The highest BCUT2D eigenvalue weighted by Crippen LogP contribution is 2.33. The molecule has 1 aromatic carbocycles. The summed E-state index contributed by atoms with van der Waals surface area (Å²) in [6.07, 6.45) is 7.02. The second kappa shape index (κ2) is 5.59. The fourth-order valence-electron chi connectivity index (χ4n) is 1.91. The highest BCUT2D eigenvalue weighted by atomic mass is 16.7. The molecule has 1 atom stereocenters. The lowest BCUT2D eigenvalue weighted by atomic mass is 10.0. The maximum atomic E-state index is 9.14. The van der Waals surface area contributed by atoms with Crippen molar-refractivity contribution >= 4 is 6.08 Å². The first-order chi connectivity index (χ1) is 8.98. The Morgan fingerprint density at radius 2 is 2.11 bits per heavy atom. The van der Waals surface area contributed by atoms with Gasteiger partial charge in [0.2, 0.25) is 5.79 Å². The molecule has 3 heteroatoms. The van der Waals surface area contributed by atoms with Crippen LogP contribution in [0.4, 0.5) is 0 Å². The fraction of sp³-hybridized carbons (Fsp3) is 0.375. The molecule has 0 fully saturated rings. The van der Waals surface area contributed by atoms with Crippen molar-refractivity contribution in [3.63, 3.8) is 0 Å². The van der Waals surface area contributed by atoms with Gasteiger partial charge in [0, 0.05) is 19.4 Å². The summed E-state index contributed by atoms with van der Waals surface area (Å²) in [4.78, 5) is 0. The quantitative estimate of drug-likeness (QED) is 0.848. The molecule has 0 saturated heterocycles. The van der Waals surface area contributed by atoms with Gasteiger partial charge in [0.1, 0.15) is 5.75 Å². The average molecular weight is 260 g/mol. The Kier molecular flexibility index (Phi) is 4.08. The first-order valence-corrected chi connectivity index (χ1v) is 6.46. The number of allylic oxidation sites excluding steroid dienone is 2. The van der Waals surface area contributed by atoms with Gasteiger partial charge in [0.05, 0.1) is 12.7 Å². The Morgan fingerprint density at radius 3 is 2.84 bits per heavy atom. The molecule has 0 bridgehead atoms. The van der Waals surface area contributed by atoms with E-state index in [2.05, 4.69) is 0 Å². The molecule has 1 N–H and O–H groups in total. The van der Waals surface area contributed by atoms with Crippen molar-refractivity contribution in [2.24, 2.45) is 0 Å². The van der Waals surface area contributed by atoms with Gasteiger partial charge in [-0.1, -0.05) is 36.4 Å². The van der Waals surface area contributed by atoms with E-state index in [1.165, 1.54) is 0 Å². The van der Waals surface area contributed by atoms with E-state index in [0.29, 0.717) is 6.61 Å². The molecule has 1 aliphatic rings. The van der Waals surface area contributed by atoms with Crippen molar-refractivity contribution < 1.29 is 14.6 Å². The first-order valence-electron chi connectivity index (χ1n) is 6.46. The third-order valence-electron chi connectivity index (χ3n) is 2.87. The molecule has 102 valence electrons. The van der Waals surface area contributed by atoms with Crippen LogP contribution in [0.2, 0.25) is 0 Å². The van der Waals surface area contributed by atoms with E-state index < -0.39 is 11.9 Å². The highest BCUT2D eigenvalue weighted by Gasteiger charge is 2.27. The van der Waals surface area contributed by atoms with E-state index in [1.807, 2.05) is 50.3 Å². The molecule has 1 aromatic rings. The number of ether oxygens (including phenoxy) is 2. The minimum absolute atomic E-state index is 0.429. The summed E-state index contributed by atoms with van der Waals surface area (Å²) < 4.78 is 11.5. The Bertz CT molecular complexity index is 499. The molecular formula is C16H20O3. The van der Waals surface area contributed by atoms with Crippen LogP contribution in [0.1, 0.15) is 31.9 Å². The number of rotatable bonds is 3. The number of aliphatic hydroxyl groups is 1. The van der Waals surface area contributed by atoms with E-state index >= 15 is 0 Å². The van der Waals surface area contributed by atoms with Crippen LogP contribution in [0.15, 0.2) is 36.4 Å². The van der Waals surface area contributed by atoms with Gasteiger partial charge >= 0.3 is 0 Å². The highest BCUT2D eigenvalue weighted by molar-refractivity contribution is 5.59. The van der Waals surface area contributed by atoms with E-state index in [0.717, 1.165) is 16.9 Å². The maximum Gasteiger partial charge on any atom is 0.205 e. The van der Waals surface area contributed by atoms with Crippen molar-refractivity contribution in [2.45, 2.75) is 39.3 Å². The van der Waals surface area contributed by atoms with Crippen molar-refractivity contribution in [3.8, 4) is 5.75 Å². The summed E-state index contributed by atoms with van der Waals surface area (Å²) in [5.74, 6) is 0.305. The van der Waals surface area contributed by atoms with Crippen LogP contribution < -0.4 is 4.74 Å². The van der Waals surface area contributed by atoms with Crippen LogP contribution in [0.3, 0.4) is 0 Å². The van der Waals surface area contributed by atoms with E-state index in [4.69, 9.17) is 14.6 Å². The normalized spacial score (nSPS) is 19.4. The zero-order valence-corrected chi connectivity index (χ0v) is 11.6. The zero-order chi connectivity index (χ0) is 13.9. The molecule has 0 saturated carbocycles. The second-order valence-electron chi connectivity index (χ2n) is 5.10. The fourth-order valence-corrected chi connectivity index (χ4v) is 1.91. The molecule has 0 aliphatic carbocycles. The summed E-state index contributed by atoms with van der Waals surface area (Å²) >= 11 is 0. The molecule has 1 unspecified atom stereocenters. The Hall–Kier alpha value is -1.58. The van der Waals surface area contributed by atoms with Crippen LogP contribution in [-0.2, 0) is 11.3 Å². The van der Waals surface area contributed by atoms with Crippen LogP contribution in [0.25, 0.3) is 6.08 Å². The Labute approximate surface area is 114 Å². The molecule has 0 amide bonds. The predicted molar refractivity (Wildman–Crippen MR) is 75.8 cm³/mol. The average Bonchev–Trinajstić information content (AvgIpc) is 2.33. The molecule has 0 spiro atoms. The largest absolute Gasteiger partial charge is 0.463 e. The van der Waals surface area contributed by atoms with Gasteiger partial charge in [-0.3, -0.25) is 0 Å². The number of hydrogen-bond donors (Lipinski definition) is 1. The van der Waals surface area contributed by atoms with Gasteiger partial charge < -0.3 is 14.6 Å². The first kappa shape index (κ1) is 13.8. The number of hydrogen-bond acceptors (Lipinski definition) is 3. The summed E-state index contributed by atoms with van der Waals surface area (Å²) in [5.41, 5.74) is 2.13. The van der Waals surface area contributed by atoms with E-state index in [9.17, 15) is 0 Å². The van der Waals surface area contributed by atoms with Gasteiger partial charge in [-0.25, -0.2) is 0 Å². The van der Waals surface area contributed by atoms with Gasteiger partial charge in [0.25, 0.3) is 0 Å². The van der Waals surface area contributed by atoms with Crippen molar-refractivity contribution in [1.29, 1.82) is 0 Å². The number of aliphatic hydroxyl groups excluding tert-OH is 1. The lowest BCUT2D eigenvalue weighted by Crippen LogP contribution is -2.35. The molecule has 0 radical (unpaired) electrons. The Balaban J connectivity index is 2.20. The summed E-state index contributed by atoms with van der Waals surface area (Å²) in [5, 5.41) is 9.14. The molecule has 0 aromatic heterocycles. The maximum absolute atomic E-state index is 9.14. The predicted octanol–water partition coefficient (Wildman–Crippen LogP) is 3.28. The van der Waals surface area contributed by atoms with Crippen LogP contribution in [-0.4, -0.2) is 17.0 Å². The molecule has 2 rings (SSSR count). The lowest BCUT2D eigenvalue weighted by molar-refractivity contribution is -0.180. The Morgan fingerprint density at radius 1 is 1.32 bits per heavy atom. The standard InChI is InChI=1S/C16H20O3/c1-12(17)7-4-5-8-13-9-6-10-15-14(13)11-18-16(2,3)19-15/h4-10,12,17H,11H2,1-3H3/b7-4-,8-5+. The third-order valence-corrected chi connectivity index (χ3v) is 2.87. The molecule has 3 nitrogen and oxygen atoms in total. The van der Waals surface area contributed by atoms with E-state index in [-0.39, 0.29) is 0 Å². The van der Waals surface area contributed by atoms with Gasteiger partial charge in [0.15, 0.2) is 0 Å². The summed E-state index contributed by atoms with van der Waals surface area (Å²) in [6, 6.07) is 5.96. The minimum atomic E-state index is -0.568. The molecular weight excluding hydrogens is 240 g/mol. The van der Waals surface area contributed by atoms with Gasteiger partial charge in [-0.2, -0.15) is 0 Å². The second-order valence-corrected chi connectivity index (χ2v) is 5.10. The smallest absolute Gasteiger partial charge is 0.205 e. The van der Waals surface area contributed by atoms with Crippen molar-refractivity contribution in [3.05, 3.63) is 47.6 Å². The van der Waals surface area contributed by atoms with Crippen molar-refractivity contribution in [2.75, 3.05) is 0 Å². The van der Waals surface area contributed by atoms with Crippen LogP contribution in [0.5, 0.6) is 5.75 Å². The molecule has 19 heavy (non-hydrogen) atoms. The summed E-state index contributed by atoms with van der Waals surface area (Å²) in [6.45, 7) is 6.08. The molecule has 1 heterocycles. The topological polar surface area (TPSA) is 38.7 Å². The monoisotopic (exact) mass is 260 g/mol. The van der Waals surface area contributed by atoms with E-state index in [1.54, 1.807) is 13.0 Å². The number of benzene rings is 1.